The Labute approximate surface area is 196 Å². The molecule has 0 atom stereocenters. The van der Waals surface area contributed by atoms with Gasteiger partial charge in [-0.3, -0.25) is 9.69 Å². The normalized spacial score (nSPS) is 13.9. The van der Waals surface area contributed by atoms with Crippen molar-refractivity contribution in [1.82, 2.24) is 9.21 Å². The molecule has 180 valence electrons. The third kappa shape index (κ3) is 6.25. The fraction of sp³-hybridized carbons (Fsp3) is 0.458. The molecule has 1 aliphatic rings. The van der Waals surface area contributed by atoms with E-state index >= 15 is 0 Å². The molecule has 0 spiro atoms. The molecular weight excluding hydrogens is 442 g/mol. The minimum Gasteiger partial charge on any atom is -0.497 e. The maximum Gasteiger partial charge on any atom is 0.243 e. The van der Waals surface area contributed by atoms with E-state index in [9.17, 15) is 13.2 Å². The molecule has 1 aliphatic carbocycles. The summed E-state index contributed by atoms with van der Waals surface area (Å²) in [6.45, 7) is 5.26. The van der Waals surface area contributed by atoms with E-state index in [0.29, 0.717) is 31.4 Å². The fourth-order valence-electron chi connectivity index (χ4n) is 3.76. The van der Waals surface area contributed by atoms with Crippen molar-refractivity contribution in [2.24, 2.45) is 0 Å². The molecule has 0 heterocycles. The number of nitrogens with zero attached hydrogens (tertiary/aromatic N) is 2. The molecule has 0 saturated heterocycles. The van der Waals surface area contributed by atoms with Gasteiger partial charge >= 0.3 is 0 Å². The largest absolute Gasteiger partial charge is 0.497 e. The number of carbonyl (C=O) groups is 1. The van der Waals surface area contributed by atoms with Gasteiger partial charge in [0.15, 0.2) is 0 Å². The lowest BCUT2D eigenvalue weighted by molar-refractivity contribution is -0.117. The van der Waals surface area contributed by atoms with Crippen molar-refractivity contribution in [3.8, 4) is 11.5 Å². The maximum absolute atomic E-state index is 12.8. The first-order valence-corrected chi connectivity index (χ1v) is 12.6. The minimum absolute atomic E-state index is 0.145. The van der Waals surface area contributed by atoms with Crippen LogP contribution in [0.2, 0.25) is 0 Å². The van der Waals surface area contributed by atoms with Gasteiger partial charge < -0.3 is 14.8 Å². The van der Waals surface area contributed by atoms with Crippen LogP contribution >= 0.6 is 0 Å². The van der Waals surface area contributed by atoms with E-state index in [1.165, 1.54) is 16.4 Å². The Morgan fingerprint density at radius 2 is 1.70 bits per heavy atom. The predicted molar refractivity (Wildman–Crippen MR) is 128 cm³/mol. The molecular formula is C24H33N3O5S. The summed E-state index contributed by atoms with van der Waals surface area (Å²) in [6, 6.07) is 12.4. The number of hydrogen-bond acceptors (Lipinski definition) is 6. The zero-order chi connectivity index (χ0) is 24.0. The zero-order valence-electron chi connectivity index (χ0n) is 19.7. The monoisotopic (exact) mass is 475 g/mol. The second-order valence-electron chi connectivity index (χ2n) is 7.98. The molecule has 2 aromatic rings. The van der Waals surface area contributed by atoms with Crippen LogP contribution in [0.15, 0.2) is 47.4 Å². The molecule has 8 nitrogen and oxygen atoms in total. The van der Waals surface area contributed by atoms with Crippen LogP contribution in [-0.4, -0.2) is 63.4 Å². The highest BCUT2D eigenvalue weighted by atomic mass is 32.2. The molecule has 0 bridgehead atoms. The number of hydrogen-bond donors (Lipinski definition) is 1. The summed E-state index contributed by atoms with van der Waals surface area (Å²) in [4.78, 5) is 15.1. The molecule has 33 heavy (non-hydrogen) atoms. The van der Waals surface area contributed by atoms with Crippen LogP contribution < -0.4 is 14.8 Å². The van der Waals surface area contributed by atoms with Crippen LogP contribution in [0.1, 0.15) is 32.3 Å². The Morgan fingerprint density at radius 3 is 2.24 bits per heavy atom. The lowest BCUT2D eigenvalue weighted by Gasteiger charge is -2.23. The van der Waals surface area contributed by atoms with Crippen molar-refractivity contribution in [3.63, 3.8) is 0 Å². The summed E-state index contributed by atoms with van der Waals surface area (Å²) < 4.78 is 37.4. The van der Waals surface area contributed by atoms with Crippen LogP contribution in [0.5, 0.6) is 11.5 Å². The van der Waals surface area contributed by atoms with Crippen molar-refractivity contribution < 1.29 is 22.7 Å². The van der Waals surface area contributed by atoms with Gasteiger partial charge in [-0.1, -0.05) is 19.9 Å². The van der Waals surface area contributed by atoms with E-state index in [-0.39, 0.29) is 17.3 Å². The number of rotatable bonds is 12. The maximum atomic E-state index is 12.8. The van der Waals surface area contributed by atoms with Gasteiger partial charge in [0, 0.05) is 43.0 Å². The molecule has 0 unspecified atom stereocenters. The molecule has 1 amide bonds. The molecule has 1 saturated carbocycles. The first-order chi connectivity index (χ1) is 15.8. The molecule has 9 heteroatoms. The van der Waals surface area contributed by atoms with Crippen LogP contribution in [-0.2, 0) is 21.4 Å². The quantitative estimate of drug-likeness (QED) is 0.507. The SMILES string of the molecule is CCN(CC)S(=O)(=O)c1ccc(NC(=O)CN(Cc2ccc(OC)cc2OC)C2CC2)cc1. The third-order valence-electron chi connectivity index (χ3n) is 5.76. The number of amides is 1. The van der Waals surface area contributed by atoms with Crippen LogP contribution in [0.4, 0.5) is 5.69 Å². The van der Waals surface area contributed by atoms with E-state index in [2.05, 4.69) is 10.2 Å². The van der Waals surface area contributed by atoms with E-state index < -0.39 is 10.0 Å². The Morgan fingerprint density at radius 1 is 1.03 bits per heavy atom. The topological polar surface area (TPSA) is 88.2 Å². The number of ether oxygens (including phenoxy) is 2. The smallest absolute Gasteiger partial charge is 0.243 e. The molecule has 0 radical (unpaired) electrons. The summed E-state index contributed by atoms with van der Waals surface area (Å²) in [5, 5.41) is 2.88. The number of nitrogens with one attached hydrogen (secondary N) is 1. The van der Waals surface area contributed by atoms with Crippen molar-refractivity contribution in [3.05, 3.63) is 48.0 Å². The first kappa shape index (κ1) is 25.0. The molecule has 3 rings (SSSR count). The number of sulfonamides is 1. The predicted octanol–water partition coefficient (Wildman–Crippen LogP) is 3.34. The average molecular weight is 476 g/mol. The van der Waals surface area contributed by atoms with Gasteiger partial charge in [-0.2, -0.15) is 4.31 Å². The Bertz CT molecular complexity index is 1050. The number of benzene rings is 2. The van der Waals surface area contributed by atoms with Crippen LogP contribution in [0.3, 0.4) is 0 Å². The number of carbonyl (C=O) groups excluding carboxylic acids is 1. The number of methoxy groups -OCH3 is 2. The second kappa shape index (κ2) is 11.0. The van der Waals surface area contributed by atoms with Crippen LogP contribution in [0.25, 0.3) is 0 Å². The van der Waals surface area contributed by atoms with Crippen molar-refractivity contribution in [1.29, 1.82) is 0 Å². The third-order valence-corrected chi connectivity index (χ3v) is 7.82. The first-order valence-electron chi connectivity index (χ1n) is 11.2. The van der Waals surface area contributed by atoms with E-state index in [1.807, 2.05) is 32.0 Å². The summed E-state index contributed by atoms with van der Waals surface area (Å²) in [7, 11) is -0.290. The highest BCUT2D eigenvalue weighted by Crippen LogP contribution is 2.32. The average Bonchev–Trinajstić information content (AvgIpc) is 3.65. The van der Waals surface area contributed by atoms with Crippen molar-refractivity contribution >= 4 is 21.6 Å². The van der Waals surface area contributed by atoms with E-state index in [4.69, 9.17) is 9.47 Å². The Balaban J connectivity index is 1.65. The van der Waals surface area contributed by atoms with Crippen molar-refractivity contribution in [2.75, 3.05) is 39.2 Å². The van der Waals surface area contributed by atoms with Crippen molar-refractivity contribution in [2.45, 2.75) is 44.2 Å². The Kier molecular flexibility index (Phi) is 8.34. The fourth-order valence-corrected chi connectivity index (χ4v) is 5.22. The van der Waals surface area contributed by atoms with Gasteiger partial charge in [0.2, 0.25) is 15.9 Å². The summed E-state index contributed by atoms with van der Waals surface area (Å²) in [6.07, 6.45) is 2.12. The summed E-state index contributed by atoms with van der Waals surface area (Å²) in [5.74, 6) is 1.30. The molecule has 0 aliphatic heterocycles. The Hall–Kier alpha value is -2.62. The van der Waals surface area contributed by atoms with E-state index in [0.717, 1.165) is 29.9 Å². The van der Waals surface area contributed by atoms with Gasteiger partial charge in [-0.05, 0) is 43.2 Å². The summed E-state index contributed by atoms with van der Waals surface area (Å²) in [5.41, 5.74) is 1.56. The number of anilines is 1. The highest BCUT2D eigenvalue weighted by Gasteiger charge is 2.31. The second-order valence-corrected chi connectivity index (χ2v) is 9.91. The van der Waals surface area contributed by atoms with Crippen LogP contribution in [0, 0.1) is 0 Å². The summed E-state index contributed by atoms with van der Waals surface area (Å²) >= 11 is 0. The minimum atomic E-state index is -3.52. The lowest BCUT2D eigenvalue weighted by Crippen LogP contribution is -2.34. The van der Waals surface area contributed by atoms with Gasteiger partial charge in [0.05, 0.1) is 25.7 Å². The van der Waals surface area contributed by atoms with Gasteiger partial charge in [0.25, 0.3) is 0 Å². The molecule has 2 aromatic carbocycles. The van der Waals surface area contributed by atoms with Gasteiger partial charge in [-0.25, -0.2) is 8.42 Å². The molecule has 1 N–H and O–H groups in total. The molecule has 1 fully saturated rings. The van der Waals surface area contributed by atoms with Gasteiger partial charge in [0.1, 0.15) is 11.5 Å². The molecule has 0 aromatic heterocycles. The van der Waals surface area contributed by atoms with Gasteiger partial charge in [-0.15, -0.1) is 0 Å². The standard InChI is InChI=1S/C24H33N3O5S/c1-5-27(6-2)33(29,30)22-13-8-19(9-14-22)25-24(28)17-26(20-10-11-20)16-18-7-12-21(31-3)15-23(18)32-4/h7-9,12-15,20H,5-6,10-11,16-17H2,1-4H3,(H,25,28). The lowest BCUT2D eigenvalue weighted by atomic mass is 10.1. The zero-order valence-corrected chi connectivity index (χ0v) is 20.5. The van der Waals surface area contributed by atoms with E-state index in [1.54, 1.807) is 26.4 Å². The highest BCUT2D eigenvalue weighted by molar-refractivity contribution is 7.89.